The summed E-state index contributed by atoms with van der Waals surface area (Å²) >= 11 is 0. The van der Waals surface area contributed by atoms with Crippen LogP contribution in [0.1, 0.15) is 33.0 Å². The minimum absolute atomic E-state index is 0.168. The SMILES string of the molecule is Cc1cccc(NC(=O)c2nn3c(C)cc(C)nc3c2-c2ccc(C)c(S(=O)(=O)N3CCOCC3)c2)c1. The number of amides is 1. The van der Waals surface area contributed by atoms with Gasteiger partial charge >= 0.3 is 0 Å². The Hall–Kier alpha value is -3.60. The van der Waals surface area contributed by atoms with E-state index in [1.807, 2.05) is 57.2 Å². The van der Waals surface area contributed by atoms with E-state index in [4.69, 9.17) is 4.74 Å². The van der Waals surface area contributed by atoms with Crippen LogP contribution in [-0.4, -0.2) is 59.5 Å². The van der Waals surface area contributed by atoms with Crippen molar-refractivity contribution in [1.82, 2.24) is 18.9 Å². The first-order valence-corrected chi connectivity index (χ1v) is 13.5. The molecule has 2 aromatic carbocycles. The van der Waals surface area contributed by atoms with Gasteiger partial charge in [-0.2, -0.15) is 9.40 Å². The molecule has 5 rings (SSSR count). The zero-order valence-corrected chi connectivity index (χ0v) is 22.1. The van der Waals surface area contributed by atoms with Crippen molar-refractivity contribution in [1.29, 1.82) is 0 Å². The second kappa shape index (κ2) is 9.70. The molecule has 37 heavy (non-hydrogen) atoms. The molecule has 3 heterocycles. The molecule has 0 radical (unpaired) electrons. The van der Waals surface area contributed by atoms with E-state index in [2.05, 4.69) is 15.4 Å². The second-order valence-electron chi connectivity index (χ2n) is 9.32. The highest BCUT2D eigenvalue weighted by Gasteiger charge is 2.30. The lowest BCUT2D eigenvalue weighted by Crippen LogP contribution is -2.40. The molecule has 0 spiro atoms. The fourth-order valence-electron chi connectivity index (χ4n) is 4.62. The third kappa shape index (κ3) is 4.75. The maximum Gasteiger partial charge on any atom is 0.276 e. The van der Waals surface area contributed by atoms with Crippen LogP contribution in [0.3, 0.4) is 0 Å². The van der Waals surface area contributed by atoms with E-state index in [9.17, 15) is 13.2 Å². The number of carbonyl (C=O) groups excluding carboxylic acids is 1. The maximum absolute atomic E-state index is 13.5. The molecule has 1 aliphatic heterocycles. The Kier molecular flexibility index (Phi) is 6.57. The molecule has 0 aliphatic carbocycles. The van der Waals surface area contributed by atoms with Crippen LogP contribution in [0.15, 0.2) is 53.4 Å². The van der Waals surface area contributed by atoms with Crippen molar-refractivity contribution < 1.29 is 17.9 Å². The number of hydrogen-bond donors (Lipinski definition) is 1. The van der Waals surface area contributed by atoms with Crippen LogP contribution in [0.2, 0.25) is 0 Å². The van der Waals surface area contributed by atoms with E-state index < -0.39 is 15.9 Å². The zero-order chi connectivity index (χ0) is 26.3. The molecule has 0 atom stereocenters. The summed E-state index contributed by atoms with van der Waals surface area (Å²) in [4.78, 5) is 18.4. The lowest BCUT2D eigenvalue weighted by molar-refractivity contribution is 0.0730. The van der Waals surface area contributed by atoms with Crippen molar-refractivity contribution in [3.63, 3.8) is 0 Å². The number of aromatic nitrogens is 3. The molecular formula is C27H29N5O4S. The molecule has 0 bridgehead atoms. The Balaban J connectivity index is 1.67. The van der Waals surface area contributed by atoms with Crippen molar-refractivity contribution in [2.24, 2.45) is 0 Å². The molecule has 4 aromatic rings. The van der Waals surface area contributed by atoms with Gasteiger partial charge in [-0.1, -0.05) is 24.3 Å². The van der Waals surface area contributed by atoms with E-state index in [0.29, 0.717) is 54.3 Å². The molecule has 10 heteroatoms. The number of anilines is 1. The number of fused-ring (bicyclic) bond motifs is 1. The van der Waals surface area contributed by atoms with Gasteiger partial charge in [0.05, 0.1) is 23.7 Å². The van der Waals surface area contributed by atoms with Gasteiger partial charge in [-0.05, 0) is 68.7 Å². The van der Waals surface area contributed by atoms with Gasteiger partial charge in [-0.15, -0.1) is 0 Å². The summed E-state index contributed by atoms with van der Waals surface area (Å²) in [5.41, 5.74) is 5.56. The predicted molar refractivity (Wildman–Crippen MR) is 141 cm³/mol. The summed E-state index contributed by atoms with van der Waals surface area (Å²) in [6, 6.07) is 14.6. The summed E-state index contributed by atoms with van der Waals surface area (Å²) in [6.45, 7) is 8.80. The largest absolute Gasteiger partial charge is 0.379 e. The number of nitrogens with zero attached hydrogens (tertiary/aromatic N) is 4. The van der Waals surface area contributed by atoms with E-state index in [0.717, 1.165) is 17.0 Å². The van der Waals surface area contributed by atoms with Crippen molar-refractivity contribution in [2.75, 3.05) is 31.6 Å². The van der Waals surface area contributed by atoms with Crippen LogP contribution >= 0.6 is 0 Å². The Labute approximate surface area is 216 Å². The minimum atomic E-state index is -3.76. The van der Waals surface area contributed by atoms with E-state index >= 15 is 0 Å². The van der Waals surface area contributed by atoms with Crippen molar-refractivity contribution in [2.45, 2.75) is 32.6 Å². The van der Waals surface area contributed by atoms with Gasteiger partial charge in [-0.3, -0.25) is 4.79 Å². The Morgan fingerprint density at radius 3 is 2.49 bits per heavy atom. The highest BCUT2D eigenvalue weighted by Crippen LogP contribution is 2.33. The molecule has 1 amide bonds. The molecule has 0 saturated carbocycles. The van der Waals surface area contributed by atoms with Gasteiger partial charge in [-0.25, -0.2) is 17.9 Å². The summed E-state index contributed by atoms with van der Waals surface area (Å²) in [6.07, 6.45) is 0. The predicted octanol–water partition coefficient (Wildman–Crippen LogP) is 3.90. The summed E-state index contributed by atoms with van der Waals surface area (Å²) < 4.78 is 35.5. The summed E-state index contributed by atoms with van der Waals surface area (Å²) in [7, 11) is -3.76. The molecular weight excluding hydrogens is 490 g/mol. The standard InChI is InChI=1S/C27H29N5O4S/c1-17-6-5-7-22(14-17)29-27(33)25-24(26-28-19(3)15-20(4)32(26)30-25)21-9-8-18(2)23(16-21)37(34,35)31-10-12-36-13-11-31/h5-9,14-16H,10-13H2,1-4H3,(H,29,33). The topological polar surface area (TPSA) is 106 Å². The number of nitrogens with one attached hydrogen (secondary N) is 1. The van der Waals surface area contributed by atoms with Gasteiger partial charge in [0.2, 0.25) is 10.0 Å². The quantitative estimate of drug-likeness (QED) is 0.429. The molecule has 2 aromatic heterocycles. The number of morpholine rings is 1. The molecule has 1 saturated heterocycles. The number of hydrogen-bond acceptors (Lipinski definition) is 6. The van der Waals surface area contributed by atoms with Crippen LogP contribution < -0.4 is 5.32 Å². The number of aryl methyl sites for hydroxylation is 4. The average molecular weight is 520 g/mol. The normalized spacial score (nSPS) is 14.7. The van der Waals surface area contributed by atoms with Crippen LogP contribution in [-0.2, 0) is 14.8 Å². The summed E-state index contributed by atoms with van der Waals surface area (Å²) in [5.74, 6) is -0.402. The van der Waals surface area contributed by atoms with Crippen LogP contribution in [0.25, 0.3) is 16.8 Å². The zero-order valence-electron chi connectivity index (χ0n) is 21.3. The third-order valence-corrected chi connectivity index (χ3v) is 8.49. The molecule has 0 unspecified atom stereocenters. The molecule has 1 N–H and O–H groups in total. The monoisotopic (exact) mass is 519 g/mol. The molecule has 1 aliphatic rings. The Morgan fingerprint density at radius 2 is 1.76 bits per heavy atom. The number of sulfonamides is 1. The van der Waals surface area contributed by atoms with Gasteiger partial charge in [0.15, 0.2) is 11.3 Å². The van der Waals surface area contributed by atoms with Crippen LogP contribution in [0, 0.1) is 27.7 Å². The number of rotatable bonds is 5. The lowest BCUT2D eigenvalue weighted by atomic mass is 10.0. The van der Waals surface area contributed by atoms with Crippen molar-refractivity contribution in [3.05, 3.63) is 76.7 Å². The van der Waals surface area contributed by atoms with Crippen LogP contribution in [0.5, 0.6) is 0 Å². The number of ether oxygens (including phenoxy) is 1. The summed E-state index contributed by atoms with van der Waals surface area (Å²) in [5, 5.41) is 7.55. The van der Waals surface area contributed by atoms with E-state index in [1.165, 1.54) is 4.31 Å². The van der Waals surface area contributed by atoms with E-state index in [1.54, 1.807) is 23.6 Å². The fourth-order valence-corrected chi connectivity index (χ4v) is 6.28. The maximum atomic E-state index is 13.5. The first kappa shape index (κ1) is 25.1. The highest BCUT2D eigenvalue weighted by atomic mass is 32.2. The highest BCUT2D eigenvalue weighted by molar-refractivity contribution is 7.89. The Bertz CT molecular complexity index is 1620. The van der Waals surface area contributed by atoms with Crippen molar-refractivity contribution >= 4 is 27.3 Å². The average Bonchev–Trinajstić information content (AvgIpc) is 3.25. The van der Waals surface area contributed by atoms with Gasteiger partial charge in [0, 0.05) is 30.2 Å². The third-order valence-electron chi connectivity index (χ3n) is 6.45. The van der Waals surface area contributed by atoms with Gasteiger partial charge in [0.25, 0.3) is 5.91 Å². The second-order valence-corrected chi connectivity index (χ2v) is 11.2. The first-order chi connectivity index (χ1) is 17.6. The number of carbonyl (C=O) groups is 1. The smallest absolute Gasteiger partial charge is 0.276 e. The molecule has 1 fully saturated rings. The van der Waals surface area contributed by atoms with Gasteiger partial charge < -0.3 is 10.1 Å². The number of benzene rings is 2. The lowest BCUT2D eigenvalue weighted by Gasteiger charge is -2.26. The molecule has 9 nitrogen and oxygen atoms in total. The molecule has 192 valence electrons. The Morgan fingerprint density at radius 1 is 1.00 bits per heavy atom. The minimum Gasteiger partial charge on any atom is -0.379 e. The van der Waals surface area contributed by atoms with Crippen LogP contribution in [0.4, 0.5) is 5.69 Å². The van der Waals surface area contributed by atoms with E-state index in [-0.39, 0.29) is 10.6 Å². The fraction of sp³-hybridized carbons (Fsp3) is 0.296. The van der Waals surface area contributed by atoms with Gasteiger partial charge in [0.1, 0.15) is 0 Å². The van der Waals surface area contributed by atoms with Crippen molar-refractivity contribution in [3.8, 4) is 11.1 Å². The first-order valence-electron chi connectivity index (χ1n) is 12.1.